The molecule has 1 heterocycles. The molecule has 32 heavy (non-hydrogen) atoms. The maximum absolute atomic E-state index is 13.0. The molecule has 0 bridgehead atoms. The van der Waals surface area contributed by atoms with Crippen molar-refractivity contribution in [1.82, 2.24) is 0 Å². The topological polar surface area (TPSA) is 102 Å². The van der Waals surface area contributed by atoms with Crippen LogP contribution in [0.3, 0.4) is 0 Å². The predicted molar refractivity (Wildman–Crippen MR) is 118 cm³/mol. The highest BCUT2D eigenvalue weighted by molar-refractivity contribution is 6.53. The van der Waals surface area contributed by atoms with Crippen molar-refractivity contribution >= 4 is 46.7 Å². The molecule has 0 unspecified atom stereocenters. The number of benzene rings is 2. The molecular formula is C23H21ClN2O6. The van der Waals surface area contributed by atoms with Gasteiger partial charge in [0.15, 0.2) is 0 Å². The van der Waals surface area contributed by atoms with Gasteiger partial charge in [0, 0.05) is 5.69 Å². The van der Waals surface area contributed by atoms with E-state index in [1.54, 1.807) is 39.0 Å². The van der Waals surface area contributed by atoms with Crippen LogP contribution in [0.25, 0.3) is 0 Å². The Hall–Kier alpha value is -3.65. The summed E-state index contributed by atoms with van der Waals surface area (Å²) in [5, 5.41) is 2.50. The lowest BCUT2D eigenvalue weighted by atomic mass is 10.2. The van der Waals surface area contributed by atoms with Gasteiger partial charge >= 0.3 is 11.9 Å². The van der Waals surface area contributed by atoms with Crippen LogP contribution in [0.2, 0.25) is 0 Å². The summed E-state index contributed by atoms with van der Waals surface area (Å²) in [7, 11) is 0. The fourth-order valence-electron chi connectivity index (χ4n) is 2.98. The van der Waals surface area contributed by atoms with Gasteiger partial charge in [0.1, 0.15) is 10.7 Å². The Morgan fingerprint density at radius 2 is 1.66 bits per heavy atom. The van der Waals surface area contributed by atoms with E-state index in [4.69, 9.17) is 21.1 Å². The first kappa shape index (κ1) is 23.0. The molecule has 2 aromatic rings. The lowest BCUT2D eigenvalue weighted by molar-refractivity contribution is -0.120. The molecule has 0 aromatic heterocycles. The highest BCUT2D eigenvalue weighted by atomic mass is 35.5. The first-order chi connectivity index (χ1) is 15.2. The van der Waals surface area contributed by atoms with Crippen molar-refractivity contribution in [1.29, 1.82) is 0 Å². The minimum absolute atomic E-state index is 0.146. The second-order valence-corrected chi connectivity index (χ2v) is 7.44. The number of carbonyl (C=O) groups excluding carboxylic acids is 4. The lowest BCUT2D eigenvalue weighted by Gasteiger charge is -2.16. The molecule has 1 N–H and O–H groups in total. The number of anilines is 2. The number of halogens is 1. The molecule has 3 rings (SSSR count). The van der Waals surface area contributed by atoms with Gasteiger partial charge in [-0.2, -0.15) is 0 Å². The van der Waals surface area contributed by atoms with Crippen molar-refractivity contribution in [2.24, 2.45) is 0 Å². The highest BCUT2D eigenvalue weighted by Gasteiger charge is 2.39. The molecule has 166 valence electrons. The molecule has 2 amide bonds. The van der Waals surface area contributed by atoms with E-state index in [9.17, 15) is 19.2 Å². The van der Waals surface area contributed by atoms with Crippen molar-refractivity contribution in [2.75, 3.05) is 16.8 Å². The summed E-state index contributed by atoms with van der Waals surface area (Å²) in [4.78, 5) is 50.7. The second-order valence-electron chi connectivity index (χ2n) is 7.07. The van der Waals surface area contributed by atoms with Gasteiger partial charge in [-0.3, -0.25) is 9.59 Å². The van der Waals surface area contributed by atoms with Crippen molar-refractivity contribution in [2.45, 2.75) is 26.9 Å². The van der Waals surface area contributed by atoms with Crippen molar-refractivity contribution < 1.29 is 28.7 Å². The number of nitrogens with zero attached hydrogens (tertiary/aromatic N) is 1. The summed E-state index contributed by atoms with van der Waals surface area (Å²) >= 11 is 6.16. The van der Waals surface area contributed by atoms with E-state index in [1.165, 1.54) is 30.3 Å². The number of hydrogen-bond donors (Lipinski definition) is 1. The van der Waals surface area contributed by atoms with Gasteiger partial charge in [-0.25, -0.2) is 14.5 Å². The summed E-state index contributed by atoms with van der Waals surface area (Å²) in [5.41, 5.74) is 0.872. The molecule has 8 nitrogen and oxygen atoms in total. The van der Waals surface area contributed by atoms with E-state index < -0.39 is 23.8 Å². The summed E-state index contributed by atoms with van der Waals surface area (Å²) < 4.78 is 10.1. The van der Waals surface area contributed by atoms with E-state index in [0.717, 1.165) is 4.90 Å². The Labute approximate surface area is 189 Å². The number of carbonyl (C=O) groups is 4. The largest absolute Gasteiger partial charge is 0.462 e. The van der Waals surface area contributed by atoms with Crippen LogP contribution < -0.4 is 10.2 Å². The van der Waals surface area contributed by atoms with Gasteiger partial charge in [0.25, 0.3) is 11.8 Å². The van der Waals surface area contributed by atoms with Gasteiger partial charge in [-0.05, 0) is 57.2 Å². The highest BCUT2D eigenvalue weighted by Crippen LogP contribution is 2.31. The SMILES string of the molecule is CCOC(=O)c1cccc(N2C(=O)C(Cl)=C(Nc3cccc(C(=O)OC(C)C)c3)C2=O)c1. The number of hydrogen-bond acceptors (Lipinski definition) is 7. The number of esters is 2. The Morgan fingerprint density at radius 3 is 2.31 bits per heavy atom. The van der Waals surface area contributed by atoms with E-state index in [1.807, 2.05) is 0 Å². The van der Waals surface area contributed by atoms with Crippen LogP contribution in [0.15, 0.2) is 59.3 Å². The van der Waals surface area contributed by atoms with Crippen molar-refractivity contribution in [3.63, 3.8) is 0 Å². The smallest absolute Gasteiger partial charge is 0.338 e. The third-order valence-corrected chi connectivity index (χ3v) is 4.70. The normalized spacial score (nSPS) is 13.6. The van der Waals surface area contributed by atoms with Gasteiger partial charge in [-0.15, -0.1) is 0 Å². The lowest BCUT2D eigenvalue weighted by Crippen LogP contribution is -2.32. The average molecular weight is 457 g/mol. The first-order valence-corrected chi connectivity index (χ1v) is 10.2. The van der Waals surface area contributed by atoms with E-state index in [0.29, 0.717) is 5.69 Å². The average Bonchev–Trinajstić information content (AvgIpc) is 2.97. The number of imide groups is 1. The fraction of sp³-hybridized carbons (Fsp3) is 0.217. The van der Waals surface area contributed by atoms with Crippen LogP contribution >= 0.6 is 11.6 Å². The number of nitrogens with one attached hydrogen (secondary N) is 1. The molecule has 2 aromatic carbocycles. The zero-order valence-corrected chi connectivity index (χ0v) is 18.4. The minimum Gasteiger partial charge on any atom is -0.462 e. The number of ether oxygens (including phenoxy) is 2. The summed E-state index contributed by atoms with van der Waals surface area (Å²) in [6.45, 7) is 5.34. The van der Waals surface area contributed by atoms with Crippen molar-refractivity contribution in [3.8, 4) is 0 Å². The quantitative estimate of drug-likeness (QED) is 0.498. The molecular weight excluding hydrogens is 436 g/mol. The van der Waals surface area contributed by atoms with Crippen molar-refractivity contribution in [3.05, 3.63) is 70.4 Å². The zero-order chi connectivity index (χ0) is 23.4. The molecule has 1 aliphatic heterocycles. The third kappa shape index (κ3) is 4.81. The maximum atomic E-state index is 13.0. The van der Waals surface area contributed by atoms with E-state index in [2.05, 4.69) is 5.32 Å². The maximum Gasteiger partial charge on any atom is 0.338 e. The van der Waals surface area contributed by atoms with Crippen LogP contribution in [0.1, 0.15) is 41.5 Å². The van der Waals surface area contributed by atoms with Gasteiger partial charge < -0.3 is 14.8 Å². The van der Waals surface area contributed by atoms with Crippen LogP contribution in [0.5, 0.6) is 0 Å². The minimum atomic E-state index is -0.740. The summed E-state index contributed by atoms with van der Waals surface area (Å²) in [6, 6.07) is 12.2. The molecule has 0 atom stereocenters. The molecule has 9 heteroatoms. The molecule has 0 spiro atoms. The first-order valence-electron chi connectivity index (χ1n) is 9.86. The van der Waals surface area contributed by atoms with Gasteiger partial charge in [-0.1, -0.05) is 23.7 Å². The predicted octanol–water partition coefficient (Wildman–Crippen LogP) is 3.86. The fourth-order valence-corrected chi connectivity index (χ4v) is 3.20. The Morgan fingerprint density at radius 1 is 1.00 bits per heavy atom. The molecule has 0 radical (unpaired) electrons. The van der Waals surface area contributed by atoms with E-state index in [-0.39, 0.29) is 40.3 Å². The zero-order valence-electron chi connectivity index (χ0n) is 17.7. The molecule has 0 saturated carbocycles. The van der Waals surface area contributed by atoms with Crippen LogP contribution in [0, 0.1) is 0 Å². The molecule has 0 fully saturated rings. The Kier molecular flexibility index (Phi) is 6.95. The third-order valence-electron chi connectivity index (χ3n) is 4.35. The number of rotatable bonds is 7. The van der Waals surface area contributed by atoms with Crippen LogP contribution in [0.4, 0.5) is 11.4 Å². The summed E-state index contributed by atoms with van der Waals surface area (Å²) in [5.74, 6) is -2.53. The standard InChI is InChI=1S/C23H21ClN2O6/c1-4-31-22(29)15-8-6-10-17(12-15)26-20(27)18(24)19(21(26)28)25-16-9-5-7-14(11-16)23(30)32-13(2)3/h5-13,25H,4H2,1-3H3. The monoisotopic (exact) mass is 456 g/mol. The molecule has 0 saturated heterocycles. The van der Waals surface area contributed by atoms with E-state index >= 15 is 0 Å². The number of amides is 2. The second kappa shape index (κ2) is 9.65. The summed E-state index contributed by atoms with van der Waals surface area (Å²) in [6.07, 6.45) is -0.288. The molecule has 0 aliphatic carbocycles. The van der Waals surface area contributed by atoms with Gasteiger partial charge in [0.05, 0.1) is 29.5 Å². The Bertz CT molecular complexity index is 1120. The van der Waals surface area contributed by atoms with Gasteiger partial charge in [0.2, 0.25) is 0 Å². The Balaban J connectivity index is 1.85. The van der Waals surface area contributed by atoms with Crippen LogP contribution in [-0.2, 0) is 19.1 Å². The van der Waals surface area contributed by atoms with Crippen LogP contribution in [-0.4, -0.2) is 36.5 Å². The molecule has 1 aliphatic rings.